The quantitative estimate of drug-likeness (QED) is 0.559. The van der Waals surface area contributed by atoms with Gasteiger partial charge in [-0.15, -0.1) is 0 Å². The Kier molecular flexibility index (Phi) is 5.24. The summed E-state index contributed by atoms with van der Waals surface area (Å²) in [6, 6.07) is 10.8. The molecule has 0 radical (unpaired) electrons. The van der Waals surface area contributed by atoms with Crippen molar-refractivity contribution in [2.45, 2.75) is 12.7 Å². The van der Waals surface area contributed by atoms with Gasteiger partial charge in [-0.1, -0.05) is 6.58 Å². The molecule has 1 aromatic heterocycles. The highest BCUT2D eigenvalue weighted by Crippen LogP contribution is 2.43. The molecule has 3 aromatic rings. The average Bonchev–Trinajstić information content (AvgIpc) is 3.23. The molecule has 33 heavy (non-hydrogen) atoms. The van der Waals surface area contributed by atoms with Gasteiger partial charge >= 0.3 is 6.11 Å². The Morgan fingerprint density at radius 2 is 1.82 bits per heavy atom. The van der Waals surface area contributed by atoms with E-state index < -0.39 is 6.11 Å². The number of benzene rings is 2. The lowest BCUT2D eigenvalue weighted by Gasteiger charge is -2.44. The maximum absolute atomic E-state index is 14.7. The highest BCUT2D eigenvalue weighted by molar-refractivity contribution is 5.70. The first-order valence-corrected chi connectivity index (χ1v) is 10.4. The van der Waals surface area contributed by atoms with Gasteiger partial charge in [0.1, 0.15) is 18.5 Å². The molecule has 7 nitrogen and oxygen atoms in total. The molecule has 3 heterocycles. The van der Waals surface area contributed by atoms with E-state index in [1.165, 1.54) is 24.5 Å². The number of alkyl halides is 2. The van der Waals surface area contributed by atoms with E-state index in [-0.39, 0.29) is 29.1 Å². The van der Waals surface area contributed by atoms with E-state index in [9.17, 15) is 13.2 Å². The van der Waals surface area contributed by atoms with Crippen LogP contribution < -0.4 is 15.0 Å². The van der Waals surface area contributed by atoms with Crippen LogP contribution in [0.3, 0.4) is 0 Å². The average molecular weight is 457 g/mol. The smallest absolute Gasteiger partial charge is 0.424 e. The van der Waals surface area contributed by atoms with Crippen LogP contribution in [0.5, 0.6) is 5.75 Å². The fourth-order valence-corrected chi connectivity index (χ4v) is 4.08. The van der Waals surface area contributed by atoms with Crippen molar-refractivity contribution in [2.75, 3.05) is 36.5 Å². The first-order valence-electron chi connectivity index (χ1n) is 10.4. The maximum Gasteiger partial charge on any atom is 0.424 e. The molecule has 0 spiro atoms. The molecule has 1 fully saturated rings. The molecular formula is C23H22F3N5O2. The van der Waals surface area contributed by atoms with Crippen LogP contribution >= 0.6 is 0 Å². The zero-order valence-electron chi connectivity index (χ0n) is 17.7. The molecule has 0 bridgehead atoms. The van der Waals surface area contributed by atoms with Gasteiger partial charge in [-0.25, -0.2) is 9.37 Å². The van der Waals surface area contributed by atoms with Gasteiger partial charge in [0.15, 0.2) is 5.75 Å². The Morgan fingerprint density at radius 1 is 1.06 bits per heavy atom. The van der Waals surface area contributed by atoms with Crippen LogP contribution in [-0.2, 0) is 11.3 Å². The predicted octanol–water partition coefficient (Wildman–Crippen LogP) is 4.23. The number of halogens is 3. The molecule has 0 atom stereocenters. The van der Waals surface area contributed by atoms with Crippen molar-refractivity contribution < 1.29 is 22.6 Å². The number of fused-ring (bicyclic) bond motifs is 1. The lowest BCUT2D eigenvalue weighted by molar-refractivity contribution is -0.140. The summed E-state index contributed by atoms with van der Waals surface area (Å²) in [7, 11) is 0. The van der Waals surface area contributed by atoms with Crippen molar-refractivity contribution >= 4 is 17.1 Å². The molecule has 1 N–H and O–H groups in total. The van der Waals surface area contributed by atoms with Gasteiger partial charge in [-0.2, -0.15) is 13.9 Å². The van der Waals surface area contributed by atoms with Crippen molar-refractivity contribution in [3.8, 4) is 5.75 Å². The van der Waals surface area contributed by atoms with E-state index in [4.69, 9.17) is 9.47 Å². The largest absolute Gasteiger partial charge is 0.427 e. The molecule has 2 aliphatic rings. The number of anilines is 3. The number of nitrogens with zero attached hydrogens (tertiary/aromatic N) is 4. The third-order valence-electron chi connectivity index (χ3n) is 5.77. The number of aromatic nitrogens is 3. The molecule has 0 amide bonds. The van der Waals surface area contributed by atoms with Crippen molar-refractivity contribution in [2.24, 2.45) is 5.41 Å². The second-order valence-corrected chi connectivity index (χ2v) is 8.48. The molecule has 0 aliphatic carbocycles. The fourth-order valence-electron chi connectivity index (χ4n) is 4.08. The number of hydrogen-bond donors (Lipinski definition) is 1. The van der Waals surface area contributed by atoms with Crippen LogP contribution in [-0.4, -0.2) is 47.2 Å². The molecule has 5 rings (SSSR count). The van der Waals surface area contributed by atoms with E-state index >= 15 is 0 Å². The highest BCUT2D eigenvalue weighted by Gasteiger charge is 2.45. The third-order valence-corrected chi connectivity index (χ3v) is 5.77. The Bertz CT molecular complexity index is 1150. The summed E-state index contributed by atoms with van der Waals surface area (Å²) in [6.07, 6.45) is -0.437. The van der Waals surface area contributed by atoms with Gasteiger partial charge in [0.2, 0.25) is 0 Å². The predicted molar refractivity (Wildman–Crippen MR) is 116 cm³/mol. The van der Waals surface area contributed by atoms with E-state index in [1.54, 1.807) is 35.3 Å². The SMILES string of the molecule is C=C1CN(CC2(Cn3cncn3)COC2)c2ccc(Nc3ccc(F)cc3)cc2OC1(F)F. The van der Waals surface area contributed by atoms with Crippen LogP contribution in [0.1, 0.15) is 0 Å². The molecule has 2 aromatic carbocycles. The highest BCUT2D eigenvalue weighted by atomic mass is 19.3. The van der Waals surface area contributed by atoms with Crippen LogP contribution in [0.15, 0.2) is 67.3 Å². The summed E-state index contributed by atoms with van der Waals surface area (Å²) in [5, 5.41) is 7.26. The topological polar surface area (TPSA) is 64.4 Å². The van der Waals surface area contributed by atoms with Gasteiger partial charge in [-0.3, -0.25) is 4.68 Å². The standard InChI is InChI=1S/C23H22F3N5O2/c1-16-9-30(10-22(12-32-13-22)11-31-15-27-14-28-31)20-7-6-19(8-21(20)33-23(16,25)26)29-18-4-2-17(24)3-5-18/h2-8,14-15,29H,1,9-13H2. The number of nitrogens with one attached hydrogen (secondary N) is 1. The van der Waals surface area contributed by atoms with Gasteiger partial charge < -0.3 is 19.7 Å². The molecule has 2 aliphatic heterocycles. The van der Waals surface area contributed by atoms with E-state index in [0.29, 0.717) is 43.4 Å². The number of ether oxygens (including phenoxy) is 2. The monoisotopic (exact) mass is 457 g/mol. The van der Waals surface area contributed by atoms with E-state index in [2.05, 4.69) is 22.0 Å². The normalized spacial score (nSPS) is 18.6. The van der Waals surface area contributed by atoms with Gasteiger partial charge in [0, 0.05) is 30.5 Å². The maximum atomic E-state index is 14.7. The molecule has 0 saturated carbocycles. The number of rotatable bonds is 6. The Labute approximate surface area is 188 Å². The van der Waals surface area contributed by atoms with Gasteiger partial charge in [0.25, 0.3) is 0 Å². The molecule has 0 unspecified atom stereocenters. The Hall–Kier alpha value is -3.53. The second-order valence-electron chi connectivity index (χ2n) is 8.48. The lowest BCUT2D eigenvalue weighted by atomic mass is 9.85. The summed E-state index contributed by atoms with van der Waals surface area (Å²) in [6.45, 7) is 5.47. The van der Waals surface area contributed by atoms with E-state index in [1.807, 2.05) is 4.90 Å². The summed E-state index contributed by atoms with van der Waals surface area (Å²) < 4.78 is 54.9. The zero-order valence-corrected chi connectivity index (χ0v) is 17.7. The number of hydrogen-bond acceptors (Lipinski definition) is 6. The summed E-state index contributed by atoms with van der Waals surface area (Å²) in [5.74, 6) is -0.332. The van der Waals surface area contributed by atoms with Crippen molar-refractivity contribution in [1.29, 1.82) is 0 Å². The summed E-state index contributed by atoms with van der Waals surface area (Å²) >= 11 is 0. The van der Waals surface area contributed by atoms with Crippen LogP contribution in [0.4, 0.5) is 30.2 Å². The third kappa shape index (κ3) is 4.38. The van der Waals surface area contributed by atoms with Gasteiger partial charge in [0.05, 0.1) is 36.4 Å². The minimum atomic E-state index is -3.52. The van der Waals surface area contributed by atoms with Crippen molar-refractivity contribution in [1.82, 2.24) is 14.8 Å². The van der Waals surface area contributed by atoms with Crippen LogP contribution in [0.25, 0.3) is 0 Å². The van der Waals surface area contributed by atoms with Crippen molar-refractivity contribution in [3.05, 3.63) is 73.1 Å². The zero-order chi connectivity index (χ0) is 23.1. The Balaban J connectivity index is 1.44. The molecule has 1 saturated heterocycles. The van der Waals surface area contributed by atoms with Crippen molar-refractivity contribution in [3.63, 3.8) is 0 Å². The molecular weight excluding hydrogens is 435 g/mol. The first kappa shape index (κ1) is 21.3. The Morgan fingerprint density at radius 3 is 2.48 bits per heavy atom. The minimum Gasteiger partial charge on any atom is -0.427 e. The first-order chi connectivity index (χ1) is 15.8. The van der Waals surface area contributed by atoms with Crippen LogP contribution in [0, 0.1) is 11.2 Å². The van der Waals surface area contributed by atoms with Gasteiger partial charge in [-0.05, 0) is 36.4 Å². The van der Waals surface area contributed by atoms with Crippen LogP contribution in [0.2, 0.25) is 0 Å². The fraction of sp³-hybridized carbons (Fsp3) is 0.304. The molecule has 10 heteroatoms. The minimum absolute atomic E-state index is 0.0295. The second kappa shape index (κ2) is 8.11. The summed E-state index contributed by atoms with van der Waals surface area (Å²) in [5.41, 5.74) is 1.05. The molecule has 172 valence electrons. The summed E-state index contributed by atoms with van der Waals surface area (Å²) in [4.78, 5) is 5.83. The lowest BCUT2D eigenvalue weighted by Crippen LogP contribution is -2.54. The van der Waals surface area contributed by atoms with E-state index in [0.717, 1.165) is 0 Å².